The number of aromatic amines is 1. The molecule has 0 fully saturated rings. The number of carbonyl (C=O) groups is 2. The number of hydrogen-bond donors (Lipinski definition) is 2. The van der Waals surface area contributed by atoms with Gasteiger partial charge in [0.15, 0.2) is 0 Å². The van der Waals surface area contributed by atoms with Gasteiger partial charge in [0, 0.05) is 36.2 Å². The van der Waals surface area contributed by atoms with Crippen LogP contribution in [0.5, 0.6) is 0 Å². The van der Waals surface area contributed by atoms with Crippen molar-refractivity contribution in [2.45, 2.75) is 39.4 Å². The minimum atomic E-state index is -0.210. The normalized spacial score (nSPS) is 16.6. The van der Waals surface area contributed by atoms with Crippen LogP contribution >= 0.6 is 0 Å². The van der Waals surface area contributed by atoms with Crippen molar-refractivity contribution in [2.24, 2.45) is 0 Å². The van der Waals surface area contributed by atoms with E-state index in [0.717, 1.165) is 16.7 Å². The molecule has 2 aromatic heterocycles. The first-order valence-corrected chi connectivity index (χ1v) is 9.20. The Bertz CT molecular complexity index is 983. The largest absolute Gasteiger partial charge is 0.351 e. The van der Waals surface area contributed by atoms with Crippen LogP contribution in [0.15, 0.2) is 36.5 Å². The van der Waals surface area contributed by atoms with Crippen LogP contribution in [0.3, 0.4) is 0 Å². The van der Waals surface area contributed by atoms with Gasteiger partial charge in [-0.25, -0.2) is 4.98 Å². The summed E-state index contributed by atoms with van der Waals surface area (Å²) in [6.07, 6.45) is 1.77. The highest BCUT2D eigenvalue weighted by Crippen LogP contribution is 2.27. The summed E-state index contributed by atoms with van der Waals surface area (Å²) in [5, 5.41) is 3.87. The van der Waals surface area contributed by atoms with E-state index in [9.17, 15) is 9.59 Å². The quantitative estimate of drug-likeness (QED) is 0.749. The molecule has 7 heteroatoms. The van der Waals surface area contributed by atoms with E-state index in [4.69, 9.17) is 0 Å². The SMILES string of the molecule is CC(C)NC(=O)c1cn2c(n1)[C@H](C)N(C(=O)c1cc3ccccc3[nH]1)CC2. The average molecular weight is 365 g/mol. The molecule has 1 aliphatic rings. The molecule has 0 aliphatic carbocycles. The number of benzene rings is 1. The van der Waals surface area contributed by atoms with Crippen LogP contribution in [0.25, 0.3) is 10.9 Å². The molecule has 27 heavy (non-hydrogen) atoms. The smallest absolute Gasteiger partial charge is 0.271 e. The summed E-state index contributed by atoms with van der Waals surface area (Å²) in [6.45, 7) is 6.97. The van der Waals surface area contributed by atoms with E-state index >= 15 is 0 Å². The number of fused-ring (bicyclic) bond motifs is 2. The van der Waals surface area contributed by atoms with Gasteiger partial charge in [0.1, 0.15) is 17.2 Å². The number of imidazole rings is 1. The molecule has 4 rings (SSSR count). The third kappa shape index (κ3) is 3.09. The second-order valence-corrected chi connectivity index (χ2v) is 7.25. The van der Waals surface area contributed by atoms with Crippen LogP contribution in [-0.2, 0) is 6.54 Å². The van der Waals surface area contributed by atoms with Crippen molar-refractivity contribution < 1.29 is 9.59 Å². The lowest BCUT2D eigenvalue weighted by Gasteiger charge is -2.33. The number of nitrogens with one attached hydrogen (secondary N) is 2. The number of nitrogens with zero attached hydrogens (tertiary/aromatic N) is 3. The Kier molecular flexibility index (Phi) is 4.22. The van der Waals surface area contributed by atoms with Gasteiger partial charge < -0.3 is 19.8 Å². The zero-order chi connectivity index (χ0) is 19.1. The van der Waals surface area contributed by atoms with Crippen molar-refractivity contribution in [1.29, 1.82) is 0 Å². The van der Waals surface area contributed by atoms with Gasteiger partial charge in [-0.2, -0.15) is 0 Å². The molecule has 2 N–H and O–H groups in total. The fourth-order valence-electron chi connectivity index (χ4n) is 3.56. The van der Waals surface area contributed by atoms with E-state index in [0.29, 0.717) is 24.5 Å². The molecule has 1 aromatic carbocycles. The zero-order valence-corrected chi connectivity index (χ0v) is 15.7. The molecule has 3 heterocycles. The molecule has 0 radical (unpaired) electrons. The van der Waals surface area contributed by atoms with Crippen LogP contribution < -0.4 is 5.32 Å². The molecule has 140 valence electrons. The van der Waals surface area contributed by atoms with Crippen LogP contribution in [0, 0.1) is 0 Å². The standard InChI is InChI=1S/C20H23N5O2/c1-12(2)21-19(26)17-11-24-8-9-25(13(3)18(24)23-17)20(27)16-10-14-6-4-5-7-15(14)22-16/h4-7,10-13,22H,8-9H2,1-3H3,(H,21,26)/t13-/m0/s1. The number of hydrogen-bond acceptors (Lipinski definition) is 3. The number of rotatable bonds is 3. The van der Waals surface area contributed by atoms with Gasteiger partial charge in [-0.05, 0) is 32.9 Å². The van der Waals surface area contributed by atoms with E-state index < -0.39 is 0 Å². The molecule has 3 aromatic rings. The molecule has 2 amide bonds. The Morgan fingerprint density at radius 1 is 1.26 bits per heavy atom. The molecule has 0 unspecified atom stereocenters. The number of carbonyl (C=O) groups excluding carboxylic acids is 2. The maximum Gasteiger partial charge on any atom is 0.271 e. The molecule has 1 atom stereocenters. The van der Waals surface area contributed by atoms with Crippen molar-refractivity contribution in [2.75, 3.05) is 6.54 Å². The highest BCUT2D eigenvalue weighted by Gasteiger charge is 2.31. The molecule has 0 saturated carbocycles. The van der Waals surface area contributed by atoms with Crippen molar-refractivity contribution in [1.82, 2.24) is 24.8 Å². The molecule has 0 spiro atoms. The van der Waals surface area contributed by atoms with Gasteiger partial charge in [0.05, 0.1) is 6.04 Å². The Morgan fingerprint density at radius 2 is 2.04 bits per heavy atom. The predicted molar refractivity (Wildman–Crippen MR) is 103 cm³/mol. The minimum absolute atomic E-state index is 0.0498. The highest BCUT2D eigenvalue weighted by molar-refractivity contribution is 5.98. The van der Waals surface area contributed by atoms with Crippen LogP contribution in [0.4, 0.5) is 0 Å². The second-order valence-electron chi connectivity index (χ2n) is 7.25. The molecule has 7 nitrogen and oxygen atoms in total. The number of H-pyrrole nitrogens is 1. The van der Waals surface area contributed by atoms with Gasteiger partial charge in [-0.15, -0.1) is 0 Å². The van der Waals surface area contributed by atoms with Gasteiger partial charge in [0.2, 0.25) is 0 Å². The van der Waals surface area contributed by atoms with Crippen molar-refractivity contribution in [3.05, 3.63) is 53.7 Å². The van der Waals surface area contributed by atoms with Gasteiger partial charge >= 0.3 is 0 Å². The minimum Gasteiger partial charge on any atom is -0.351 e. The number of para-hydroxylation sites is 1. The molecule has 0 saturated heterocycles. The Hall–Kier alpha value is -3.09. The lowest BCUT2D eigenvalue weighted by Crippen LogP contribution is -2.41. The summed E-state index contributed by atoms with van der Waals surface area (Å²) in [7, 11) is 0. The lowest BCUT2D eigenvalue weighted by molar-refractivity contribution is 0.0632. The summed E-state index contributed by atoms with van der Waals surface area (Å²) in [4.78, 5) is 34.8. The maximum absolute atomic E-state index is 13.1. The zero-order valence-electron chi connectivity index (χ0n) is 15.7. The first-order chi connectivity index (χ1) is 12.9. The van der Waals surface area contributed by atoms with E-state index in [1.807, 2.05) is 55.7 Å². The van der Waals surface area contributed by atoms with Crippen molar-refractivity contribution >= 4 is 22.7 Å². The lowest BCUT2D eigenvalue weighted by atomic mass is 10.2. The first kappa shape index (κ1) is 17.3. The van der Waals surface area contributed by atoms with E-state index in [1.165, 1.54) is 0 Å². The first-order valence-electron chi connectivity index (χ1n) is 9.20. The summed E-state index contributed by atoms with van der Waals surface area (Å²) < 4.78 is 1.97. The van der Waals surface area contributed by atoms with E-state index in [-0.39, 0.29) is 23.9 Å². The Balaban J connectivity index is 1.59. The predicted octanol–water partition coefficient (Wildman–Crippen LogP) is 2.72. The Morgan fingerprint density at radius 3 is 2.78 bits per heavy atom. The van der Waals surface area contributed by atoms with Gasteiger partial charge in [0.25, 0.3) is 11.8 Å². The van der Waals surface area contributed by atoms with Crippen molar-refractivity contribution in [3.63, 3.8) is 0 Å². The van der Waals surface area contributed by atoms with E-state index in [2.05, 4.69) is 15.3 Å². The maximum atomic E-state index is 13.1. The number of aromatic nitrogens is 3. The third-order valence-corrected chi connectivity index (χ3v) is 4.90. The van der Waals surface area contributed by atoms with Crippen LogP contribution in [0.2, 0.25) is 0 Å². The molecule has 0 bridgehead atoms. The van der Waals surface area contributed by atoms with Crippen LogP contribution in [0.1, 0.15) is 53.6 Å². The monoisotopic (exact) mass is 365 g/mol. The van der Waals surface area contributed by atoms with Crippen molar-refractivity contribution in [3.8, 4) is 0 Å². The van der Waals surface area contributed by atoms with E-state index in [1.54, 1.807) is 11.1 Å². The fraction of sp³-hybridized carbons (Fsp3) is 0.350. The average Bonchev–Trinajstić information content (AvgIpc) is 3.25. The second kappa shape index (κ2) is 6.57. The molecule has 1 aliphatic heterocycles. The summed E-state index contributed by atoms with van der Waals surface area (Å²) in [6, 6.07) is 9.55. The van der Waals surface area contributed by atoms with Gasteiger partial charge in [-0.1, -0.05) is 18.2 Å². The highest BCUT2D eigenvalue weighted by atomic mass is 16.2. The third-order valence-electron chi connectivity index (χ3n) is 4.90. The molecular formula is C20H23N5O2. The summed E-state index contributed by atoms with van der Waals surface area (Å²) in [5.41, 5.74) is 1.91. The molecular weight excluding hydrogens is 342 g/mol. The summed E-state index contributed by atoms with van der Waals surface area (Å²) >= 11 is 0. The van der Waals surface area contributed by atoms with Gasteiger partial charge in [-0.3, -0.25) is 9.59 Å². The fourth-order valence-corrected chi connectivity index (χ4v) is 3.56. The Labute approximate surface area is 157 Å². The number of amides is 2. The topological polar surface area (TPSA) is 83.0 Å². The summed E-state index contributed by atoms with van der Waals surface area (Å²) in [5.74, 6) is 0.494. The van der Waals surface area contributed by atoms with Crippen LogP contribution in [-0.4, -0.2) is 43.8 Å².